The summed E-state index contributed by atoms with van der Waals surface area (Å²) in [6.45, 7) is 3.29. The molecule has 2 aromatic rings. The van der Waals surface area contributed by atoms with Crippen LogP contribution in [0.2, 0.25) is 5.28 Å². The zero-order valence-corrected chi connectivity index (χ0v) is 13.1. The van der Waals surface area contributed by atoms with Gasteiger partial charge in [-0.3, -0.25) is 0 Å². The molecule has 0 aliphatic rings. The molecular formula is C14H18ClN5O. The highest BCUT2D eigenvalue weighted by molar-refractivity contribution is 6.28. The fourth-order valence-electron chi connectivity index (χ4n) is 1.91. The number of para-hydroxylation sites is 1. The van der Waals surface area contributed by atoms with Crippen molar-refractivity contribution in [2.24, 2.45) is 0 Å². The van der Waals surface area contributed by atoms with Crippen molar-refractivity contribution in [3.63, 3.8) is 0 Å². The minimum absolute atomic E-state index is 0.169. The Labute approximate surface area is 129 Å². The first-order valence-corrected chi connectivity index (χ1v) is 7.00. The Kier molecular flexibility index (Phi) is 5.16. The van der Waals surface area contributed by atoms with E-state index in [2.05, 4.69) is 20.3 Å². The molecule has 0 bridgehead atoms. The van der Waals surface area contributed by atoms with Crippen LogP contribution in [0.3, 0.4) is 0 Å². The van der Waals surface area contributed by atoms with E-state index in [0.29, 0.717) is 18.4 Å². The fourth-order valence-corrected chi connectivity index (χ4v) is 2.06. The molecular weight excluding hydrogens is 290 g/mol. The number of nitrogens with one attached hydrogen (secondary N) is 1. The minimum atomic E-state index is 0.169. The third-order valence-electron chi connectivity index (χ3n) is 2.87. The molecule has 1 aromatic carbocycles. The van der Waals surface area contributed by atoms with E-state index in [1.54, 1.807) is 7.11 Å². The van der Waals surface area contributed by atoms with E-state index in [9.17, 15) is 0 Å². The van der Waals surface area contributed by atoms with Gasteiger partial charge in [-0.05, 0) is 24.6 Å². The third-order valence-corrected chi connectivity index (χ3v) is 3.04. The number of aromatic nitrogens is 3. The van der Waals surface area contributed by atoms with E-state index in [1.807, 2.05) is 43.1 Å². The van der Waals surface area contributed by atoms with Gasteiger partial charge in [-0.15, -0.1) is 0 Å². The van der Waals surface area contributed by atoms with E-state index < -0.39 is 0 Å². The maximum Gasteiger partial charge on any atom is 0.231 e. The Morgan fingerprint density at radius 2 is 2.00 bits per heavy atom. The van der Waals surface area contributed by atoms with Gasteiger partial charge in [0.1, 0.15) is 5.75 Å². The van der Waals surface area contributed by atoms with Gasteiger partial charge < -0.3 is 15.0 Å². The Hall–Kier alpha value is -2.08. The Morgan fingerprint density at radius 1 is 1.24 bits per heavy atom. The molecule has 7 heteroatoms. The number of anilines is 2. The number of methoxy groups -OCH3 is 1. The Balaban J connectivity index is 2.21. The molecule has 0 radical (unpaired) electrons. The van der Waals surface area contributed by atoms with Crippen LogP contribution in [0.4, 0.5) is 11.9 Å². The van der Waals surface area contributed by atoms with Crippen molar-refractivity contribution in [2.75, 3.05) is 30.9 Å². The summed E-state index contributed by atoms with van der Waals surface area (Å²) in [5, 5.41) is 3.20. The maximum atomic E-state index is 5.94. The molecule has 6 nitrogen and oxygen atoms in total. The SMILES string of the molecule is CCNc1nc(Cl)nc(N(C)Cc2ccccc2OC)n1. The smallest absolute Gasteiger partial charge is 0.231 e. The van der Waals surface area contributed by atoms with Crippen LogP contribution in [-0.4, -0.2) is 35.7 Å². The predicted octanol–water partition coefficient (Wildman–Crippen LogP) is 2.60. The van der Waals surface area contributed by atoms with Crippen LogP contribution < -0.4 is 15.0 Å². The second-order valence-electron chi connectivity index (χ2n) is 4.43. The van der Waals surface area contributed by atoms with Crippen LogP contribution in [0, 0.1) is 0 Å². The monoisotopic (exact) mass is 307 g/mol. The number of nitrogens with zero attached hydrogens (tertiary/aromatic N) is 4. The Morgan fingerprint density at radius 3 is 2.71 bits per heavy atom. The highest BCUT2D eigenvalue weighted by atomic mass is 35.5. The summed E-state index contributed by atoms with van der Waals surface area (Å²) in [5.41, 5.74) is 1.05. The van der Waals surface area contributed by atoms with E-state index >= 15 is 0 Å². The first kappa shape index (κ1) is 15.3. The second kappa shape index (κ2) is 7.08. The summed E-state index contributed by atoms with van der Waals surface area (Å²) in [7, 11) is 3.55. The molecule has 1 N–H and O–H groups in total. The van der Waals surface area contributed by atoms with Crippen LogP contribution in [0.25, 0.3) is 0 Å². The topological polar surface area (TPSA) is 63.2 Å². The molecule has 0 atom stereocenters. The van der Waals surface area contributed by atoms with Crippen LogP contribution >= 0.6 is 11.6 Å². The lowest BCUT2D eigenvalue weighted by atomic mass is 10.2. The lowest BCUT2D eigenvalue weighted by Crippen LogP contribution is -2.20. The Bertz CT molecular complexity index is 608. The van der Waals surface area contributed by atoms with Crippen molar-refractivity contribution < 1.29 is 4.74 Å². The molecule has 21 heavy (non-hydrogen) atoms. The summed E-state index contributed by atoms with van der Waals surface area (Å²) in [5.74, 6) is 1.81. The van der Waals surface area contributed by atoms with Gasteiger partial charge >= 0.3 is 0 Å². The maximum absolute atomic E-state index is 5.94. The number of ether oxygens (including phenoxy) is 1. The molecule has 2 rings (SSSR count). The summed E-state index contributed by atoms with van der Waals surface area (Å²) in [4.78, 5) is 14.4. The molecule has 112 valence electrons. The lowest BCUT2D eigenvalue weighted by Gasteiger charge is -2.19. The number of rotatable bonds is 6. The molecule has 0 aliphatic heterocycles. The quantitative estimate of drug-likeness (QED) is 0.885. The van der Waals surface area contributed by atoms with E-state index in [-0.39, 0.29) is 5.28 Å². The molecule has 0 aliphatic carbocycles. The average molecular weight is 308 g/mol. The summed E-state index contributed by atoms with van der Waals surface area (Å²) in [6, 6.07) is 7.83. The van der Waals surface area contributed by atoms with Crippen LogP contribution in [0.5, 0.6) is 5.75 Å². The molecule has 0 spiro atoms. The molecule has 0 fully saturated rings. The molecule has 1 heterocycles. The van der Waals surface area contributed by atoms with E-state index in [0.717, 1.165) is 17.9 Å². The van der Waals surface area contributed by atoms with Gasteiger partial charge in [0.05, 0.1) is 7.11 Å². The molecule has 0 amide bonds. The van der Waals surface area contributed by atoms with Crippen molar-refractivity contribution in [1.29, 1.82) is 0 Å². The van der Waals surface area contributed by atoms with Gasteiger partial charge in [-0.1, -0.05) is 18.2 Å². The van der Waals surface area contributed by atoms with Gasteiger partial charge in [0.2, 0.25) is 17.2 Å². The largest absolute Gasteiger partial charge is 0.496 e. The van der Waals surface area contributed by atoms with Gasteiger partial charge in [0, 0.05) is 25.7 Å². The zero-order chi connectivity index (χ0) is 15.2. The van der Waals surface area contributed by atoms with Gasteiger partial charge in [-0.2, -0.15) is 15.0 Å². The van der Waals surface area contributed by atoms with Gasteiger partial charge in [0.25, 0.3) is 0 Å². The first-order chi connectivity index (χ1) is 10.1. The van der Waals surface area contributed by atoms with Crippen LogP contribution in [-0.2, 0) is 6.54 Å². The highest BCUT2D eigenvalue weighted by Gasteiger charge is 2.11. The molecule has 1 aromatic heterocycles. The van der Waals surface area contributed by atoms with Gasteiger partial charge in [0.15, 0.2) is 0 Å². The zero-order valence-electron chi connectivity index (χ0n) is 12.3. The second-order valence-corrected chi connectivity index (χ2v) is 4.76. The summed E-state index contributed by atoms with van der Waals surface area (Å²) < 4.78 is 5.35. The first-order valence-electron chi connectivity index (χ1n) is 6.62. The van der Waals surface area contributed by atoms with E-state index in [4.69, 9.17) is 16.3 Å². The average Bonchev–Trinajstić information content (AvgIpc) is 2.47. The summed E-state index contributed by atoms with van der Waals surface area (Å²) >= 11 is 5.94. The fraction of sp³-hybridized carbons (Fsp3) is 0.357. The van der Waals surface area contributed by atoms with Gasteiger partial charge in [-0.25, -0.2) is 0 Å². The normalized spacial score (nSPS) is 10.3. The number of hydrogen-bond acceptors (Lipinski definition) is 6. The van der Waals surface area contributed by atoms with Crippen molar-refractivity contribution >= 4 is 23.5 Å². The minimum Gasteiger partial charge on any atom is -0.496 e. The van der Waals surface area contributed by atoms with Crippen molar-refractivity contribution in [3.8, 4) is 5.75 Å². The third kappa shape index (κ3) is 3.95. The van der Waals surface area contributed by atoms with Crippen LogP contribution in [0.15, 0.2) is 24.3 Å². The van der Waals surface area contributed by atoms with Crippen molar-refractivity contribution in [1.82, 2.24) is 15.0 Å². The van der Waals surface area contributed by atoms with Crippen LogP contribution in [0.1, 0.15) is 12.5 Å². The van der Waals surface area contributed by atoms with E-state index in [1.165, 1.54) is 0 Å². The molecule has 0 saturated heterocycles. The number of benzene rings is 1. The molecule has 0 unspecified atom stereocenters. The predicted molar refractivity (Wildman–Crippen MR) is 84.1 cm³/mol. The standard InChI is InChI=1S/C14H18ClN5O/c1-4-16-13-17-12(15)18-14(19-13)20(2)9-10-7-5-6-8-11(10)21-3/h5-8H,4,9H2,1-3H3,(H,16,17,18,19). The highest BCUT2D eigenvalue weighted by Crippen LogP contribution is 2.21. The summed E-state index contributed by atoms with van der Waals surface area (Å²) in [6.07, 6.45) is 0. The van der Waals surface area contributed by atoms with Crippen molar-refractivity contribution in [3.05, 3.63) is 35.1 Å². The molecule has 0 saturated carbocycles. The number of halogens is 1. The van der Waals surface area contributed by atoms with Crippen molar-refractivity contribution in [2.45, 2.75) is 13.5 Å². The lowest BCUT2D eigenvalue weighted by molar-refractivity contribution is 0.409. The number of hydrogen-bond donors (Lipinski definition) is 1.